The van der Waals surface area contributed by atoms with Gasteiger partial charge in [-0.15, -0.1) is 11.8 Å². The lowest BCUT2D eigenvalue weighted by molar-refractivity contribution is 0.395. The lowest BCUT2D eigenvalue weighted by Crippen LogP contribution is -2.35. The van der Waals surface area contributed by atoms with Crippen LogP contribution < -0.4 is 10.6 Å². The van der Waals surface area contributed by atoms with Crippen LogP contribution >= 0.6 is 11.8 Å². The van der Waals surface area contributed by atoms with E-state index in [2.05, 4.69) is 36.9 Å². The fourth-order valence-corrected chi connectivity index (χ4v) is 3.76. The van der Waals surface area contributed by atoms with E-state index in [-0.39, 0.29) is 5.84 Å². The number of benzene rings is 1. The molecule has 1 aliphatic heterocycles. The fraction of sp³-hybridized carbons (Fsp3) is 0.562. The second kappa shape index (κ2) is 7.02. The van der Waals surface area contributed by atoms with Crippen molar-refractivity contribution in [2.24, 2.45) is 11.7 Å². The number of piperidine rings is 1. The molecule has 4 heteroatoms. The number of nitrogen functional groups attached to an aromatic ring is 1. The molecule has 0 bridgehead atoms. The number of hydrogen-bond acceptors (Lipinski definition) is 3. The number of thioether (sulfide) groups is 1. The highest BCUT2D eigenvalue weighted by Crippen LogP contribution is 2.33. The molecule has 2 rings (SSSR count). The summed E-state index contributed by atoms with van der Waals surface area (Å²) < 4.78 is 0. The Morgan fingerprint density at radius 3 is 2.60 bits per heavy atom. The summed E-state index contributed by atoms with van der Waals surface area (Å²) in [5.41, 5.74) is 7.92. The number of amidine groups is 1. The zero-order valence-electron chi connectivity index (χ0n) is 12.5. The molecule has 0 amide bonds. The van der Waals surface area contributed by atoms with Gasteiger partial charge in [0, 0.05) is 23.7 Å². The highest BCUT2D eigenvalue weighted by atomic mass is 32.2. The topological polar surface area (TPSA) is 53.1 Å². The third-order valence-corrected chi connectivity index (χ3v) is 5.05. The molecular formula is C16H25N3S. The number of rotatable bonds is 5. The van der Waals surface area contributed by atoms with Crippen molar-refractivity contribution in [1.29, 1.82) is 5.41 Å². The Morgan fingerprint density at radius 2 is 2.05 bits per heavy atom. The van der Waals surface area contributed by atoms with Crippen LogP contribution in [0.1, 0.15) is 38.7 Å². The zero-order chi connectivity index (χ0) is 14.5. The Balaban J connectivity index is 2.27. The van der Waals surface area contributed by atoms with Gasteiger partial charge in [0.2, 0.25) is 0 Å². The highest BCUT2D eigenvalue weighted by molar-refractivity contribution is 7.99. The first-order valence-corrected chi connectivity index (χ1v) is 8.51. The van der Waals surface area contributed by atoms with Crippen molar-refractivity contribution < 1.29 is 0 Å². The molecule has 0 aliphatic carbocycles. The maximum Gasteiger partial charge on any atom is 0.126 e. The van der Waals surface area contributed by atoms with E-state index < -0.39 is 0 Å². The van der Waals surface area contributed by atoms with Crippen molar-refractivity contribution in [2.45, 2.75) is 38.0 Å². The molecule has 110 valence electrons. The predicted octanol–water partition coefficient (Wildman–Crippen LogP) is 3.71. The Morgan fingerprint density at radius 1 is 1.35 bits per heavy atom. The standard InChI is InChI=1S/C16H25N3S/c1-3-12-8-10-19(11-9-12)13-6-5-7-14(20-4-2)15(13)16(17)18/h5-7,12H,3-4,8-11H2,1-2H3,(H3,17,18). The molecule has 0 spiro atoms. The van der Waals surface area contributed by atoms with Crippen LogP contribution in [0.2, 0.25) is 0 Å². The molecule has 0 atom stereocenters. The third kappa shape index (κ3) is 3.29. The summed E-state index contributed by atoms with van der Waals surface area (Å²) >= 11 is 1.77. The van der Waals surface area contributed by atoms with Gasteiger partial charge in [-0.1, -0.05) is 26.3 Å². The van der Waals surface area contributed by atoms with Crippen molar-refractivity contribution in [2.75, 3.05) is 23.7 Å². The number of nitrogens with zero attached hydrogens (tertiary/aromatic N) is 1. The Kier molecular flexibility index (Phi) is 5.35. The molecule has 1 heterocycles. The van der Waals surface area contributed by atoms with Crippen LogP contribution in [0.3, 0.4) is 0 Å². The minimum absolute atomic E-state index is 0.189. The minimum Gasteiger partial charge on any atom is -0.384 e. The second-order valence-electron chi connectivity index (χ2n) is 5.34. The summed E-state index contributed by atoms with van der Waals surface area (Å²) in [4.78, 5) is 3.54. The van der Waals surface area contributed by atoms with E-state index in [0.717, 1.165) is 40.9 Å². The quantitative estimate of drug-likeness (QED) is 0.494. The molecule has 0 radical (unpaired) electrons. The second-order valence-corrected chi connectivity index (χ2v) is 6.64. The number of hydrogen-bond donors (Lipinski definition) is 2. The predicted molar refractivity (Wildman–Crippen MR) is 89.1 cm³/mol. The average Bonchev–Trinajstić information content (AvgIpc) is 2.47. The molecule has 3 N–H and O–H groups in total. The van der Waals surface area contributed by atoms with Crippen LogP contribution in [0, 0.1) is 11.3 Å². The molecule has 1 aliphatic rings. The van der Waals surface area contributed by atoms with Gasteiger partial charge in [0.15, 0.2) is 0 Å². The summed E-state index contributed by atoms with van der Waals surface area (Å²) in [5, 5.41) is 7.93. The van der Waals surface area contributed by atoms with E-state index in [0.29, 0.717) is 0 Å². The van der Waals surface area contributed by atoms with Crippen LogP contribution in [0.25, 0.3) is 0 Å². The van der Waals surface area contributed by atoms with Crippen LogP contribution in [0.5, 0.6) is 0 Å². The normalized spacial score (nSPS) is 16.4. The summed E-state index contributed by atoms with van der Waals surface area (Å²) in [6.07, 6.45) is 3.77. The molecule has 1 saturated heterocycles. The van der Waals surface area contributed by atoms with Gasteiger partial charge in [-0.2, -0.15) is 0 Å². The SMILES string of the molecule is CCSc1cccc(N2CCC(CC)CC2)c1C(=N)N. The minimum atomic E-state index is 0.189. The number of nitrogens with two attached hydrogens (primary N) is 1. The van der Waals surface area contributed by atoms with Gasteiger partial charge in [-0.05, 0) is 36.6 Å². The van der Waals surface area contributed by atoms with Crippen molar-refractivity contribution in [3.05, 3.63) is 23.8 Å². The molecule has 1 aromatic carbocycles. The molecule has 0 aromatic heterocycles. The van der Waals surface area contributed by atoms with Gasteiger partial charge < -0.3 is 10.6 Å². The molecule has 0 saturated carbocycles. The molecule has 1 fully saturated rings. The van der Waals surface area contributed by atoms with Crippen LogP contribution in [0.4, 0.5) is 5.69 Å². The van der Waals surface area contributed by atoms with Crippen molar-refractivity contribution in [3.8, 4) is 0 Å². The maximum absolute atomic E-state index is 7.93. The highest BCUT2D eigenvalue weighted by Gasteiger charge is 2.22. The van der Waals surface area contributed by atoms with Crippen LogP contribution in [-0.2, 0) is 0 Å². The molecule has 0 unspecified atom stereocenters. The van der Waals surface area contributed by atoms with Crippen molar-refractivity contribution in [3.63, 3.8) is 0 Å². The maximum atomic E-state index is 7.93. The van der Waals surface area contributed by atoms with E-state index >= 15 is 0 Å². The molecule has 3 nitrogen and oxygen atoms in total. The van der Waals surface area contributed by atoms with E-state index in [1.165, 1.54) is 19.3 Å². The number of anilines is 1. The van der Waals surface area contributed by atoms with Crippen molar-refractivity contribution in [1.82, 2.24) is 0 Å². The van der Waals surface area contributed by atoms with Gasteiger partial charge >= 0.3 is 0 Å². The van der Waals surface area contributed by atoms with E-state index in [1.807, 2.05) is 0 Å². The van der Waals surface area contributed by atoms with Gasteiger partial charge in [0.1, 0.15) is 5.84 Å². The van der Waals surface area contributed by atoms with E-state index in [9.17, 15) is 0 Å². The molecular weight excluding hydrogens is 266 g/mol. The van der Waals surface area contributed by atoms with Gasteiger partial charge in [-0.25, -0.2) is 0 Å². The molecule has 1 aromatic rings. The van der Waals surface area contributed by atoms with E-state index in [4.69, 9.17) is 11.1 Å². The third-order valence-electron chi connectivity index (χ3n) is 4.11. The van der Waals surface area contributed by atoms with Crippen molar-refractivity contribution >= 4 is 23.3 Å². The van der Waals surface area contributed by atoms with Gasteiger partial charge in [0.05, 0.1) is 5.56 Å². The number of nitrogens with one attached hydrogen (secondary N) is 1. The van der Waals surface area contributed by atoms with Gasteiger partial charge in [0.25, 0.3) is 0 Å². The van der Waals surface area contributed by atoms with Crippen LogP contribution in [-0.4, -0.2) is 24.7 Å². The smallest absolute Gasteiger partial charge is 0.126 e. The average molecular weight is 291 g/mol. The first-order valence-electron chi connectivity index (χ1n) is 7.52. The largest absolute Gasteiger partial charge is 0.384 e. The Labute approximate surface area is 126 Å². The summed E-state index contributed by atoms with van der Waals surface area (Å²) in [5.74, 6) is 2.05. The Hall–Kier alpha value is -1.16. The lowest BCUT2D eigenvalue weighted by atomic mass is 9.93. The molecule has 20 heavy (non-hydrogen) atoms. The fourth-order valence-electron chi connectivity index (χ4n) is 2.91. The van der Waals surface area contributed by atoms with Gasteiger partial charge in [-0.3, -0.25) is 5.41 Å². The first kappa shape index (κ1) is 15.2. The van der Waals surface area contributed by atoms with Crippen LogP contribution in [0.15, 0.2) is 23.1 Å². The first-order chi connectivity index (χ1) is 9.67. The lowest BCUT2D eigenvalue weighted by Gasteiger charge is -2.34. The summed E-state index contributed by atoms with van der Waals surface area (Å²) in [7, 11) is 0. The Bertz CT molecular complexity index is 465. The summed E-state index contributed by atoms with van der Waals surface area (Å²) in [6, 6.07) is 6.28. The monoisotopic (exact) mass is 291 g/mol. The summed E-state index contributed by atoms with van der Waals surface area (Å²) in [6.45, 7) is 6.58. The zero-order valence-corrected chi connectivity index (χ0v) is 13.3. The van der Waals surface area contributed by atoms with E-state index in [1.54, 1.807) is 11.8 Å².